The molecule has 0 saturated heterocycles. The second kappa shape index (κ2) is 7.50. The van der Waals surface area contributed by atoms with Crippen LogP contribution in [0.2, 0.25) is 5.02 Å². The van der Waals surface area contributed by atoms with E-state index < -0.39 is 0 Å². The Morgan fingerprint density at radius 3 is 2.81 bits per heavy atom. The molecule has 1 aliphatic rings. The van der Waals surface area contributed by atoms with Crippen LogP contribution in [0, 0.1) is 5.92 Å². The van der Waals surface area contributed by atoms with Gasteiger partial charge < -0.3 is 10.1 Å². The van der Waals surface area contributed by atoms with Crippen LogP contribution in [0.3, 0.4) is 0 Å². The van der Waals surface area contributed by atoms with Gasteiger partial charge in [0.2, 0.25) is 0 Å². The molecule has 1 saturated carbocycles. The highest BCUT2D eigenvalue weighted by atomic mass is 79.9. The first-order valence-electron chi connectivity index (χ1n) is 7.28. The Morgan fingerprint density at radius 1 is 1.48 bits per heavy atom. The molecule has 3 nitrogen and oxygen atoms in total. The van der Waals surface area contributed by atoms with Crippen LogP contribution in [0.4, 0.5) is 0 Å². The predicted molar refractivity (Wildman–Crippen MR) is 89.2 cm³/mol. The summed E-state index contributed by atoms with van der Waals surface area (Å²) < 4.78 is 5.49. The summed E-state index contributed by atoms with van der Waals surface area (Å²) in [4.78, 5) is 12.1. The van der Waals surface area contributed by atoms with Crippen LogP contribution >= 0.6 is 27.5 Å². The number of halogens is 2. The number of carbonyl (C=O) groups is 1. The number of hydrogen-bond acceptors (Lipinski definition) is 2. The van der Waals surface area contributed by atoms with Crippen LogP contribution in [0.1, 0.15) is 32.6 Å². The first-order chi connectivity index (χ1) is 10.0. The number of nitrogens with one attached hydrogen (secondary N) is 1. The van der Waals surface area contributed by atoms with E-state index in [2.05, 4.69) is 28.2 Å². The van der Waals surface area contributed by atoms with Gasteiger partial charge in [-0.1, -0.05) is 40.5 Å². The molecular formula is C16H21BrClNO2. The van der Waals surface area contributed by atoms with Crippen molar-refractivity contribution in [1.29, 1.82) is 0 Å². The second-order valence-corrected chi connectivity index (χ2v) is 6.89. The van der Waals surface area contributed by atoms with Crippen molar-refractivity contribution < 1.29 is 9.53 Å². The zero-order valence-electron chi connectivity index (χ0n) is 12.2. The summed E-state index contributed by atoms with van der Waals surface area (Å²) in [5, 5.41) is 4.53. The normalized spacial score (nSPS) is 25.4. The topological polar surface area (TPSA) is 38.3 Å². The summed E-state index contributed by atoms with van der Waals surface area (Å²) in [5.41, 5.74) is -0.124. The van der Waals surface area contributed by atoms with Gasteiger partial charge in [0.25, 0.3) is 5.91 Å². The lowest BCUT2D eigenvalue weighted by atomic mass is 9.78. The average molecular weight is 375 g/mol. The van der Waals surface area contributed by atoms with Gasteiger partial charge in [-0.15, -0.1) is 0 Å². The van der Waals surface area contributed by atoms with Crippen LogP contribution in [0.5, 0.6) is 5.75 Å². The van der Waals surface area contributed by atoms with Crippen molar-refractivity contribution in [1.82, 2.24) is 5.32 Å². The van der Waals surface area contributed by atoms with Crippen molar-refractivity contribution >= 4 is 33.4 Å². The van der Waals surface area contributed by atoms with Crippen molar-refractivity contribution in [2.45, 2.75) is 38.1 Å². The SMILES string of the molecule is CC1CCC(CBr)(NC(=O)COc2cccc(Cl)c2)CC1. The first kappa shape index (κ1) is 16.6. The van der Waals surface area contributed by atoms with Crippen LogP contribution in [-0.4, -0.2) is 23.4 Å². The van der Waals surface area contributed by atoms with Crippen molar-refractivity contribution in [2.24, 2.45) is 5.92 Å². The molecule has 0 aliphatic heterocycles. The van der Waals surface area contributed by atoms with Gasteiger partial charge >= 0.3 is 0 Å². The second-order valence-electron chi connectivity index (χ2n) is 5.89. The molecule has 1 fully saturated rings. The Labute approximate surface area is 139 Å². The molecule has 116 valence electrons. The van der Waals surface area contributed by atoms with Crippen molar-refractivity contribution in [3.63, 3.8) is 0 Å². The summed E-state index contributed by atoms with van der Waals surface area (Å²) in [6.45, 7) is 2.28. The monoisotopic (exact) mass is 373 g/mol. The smallest absolute Gasteiger partial charge is 0.258 e. The molecule has 1 amide bonds. The molecular weight excluding hydrogens is 354 g/mol. The third kappa shape index (κ3) is 4.89. The van der Waals surface area contributed by atoms with E-state index in [1.807, 2.05) is 0 Å². The molecule has 0 aromatic heterocycles. The summed E-state index contributed by atoms with van der Waals surface area (Å²) >= 11 is 9.44. The highest BCUT2D eigenvalue weighted by Crippen LogP contribution is 2.33. The summed E-state index contributed by atoms with van der Waals surface area (Å²) in [5.74, 6) is 1.28. The average Bonchev–Trinajstić information content (AvgIpc) is 2.48. The van der Waals surface area contributed by atoms with Gasteiger partial charge in [0, 0.05) is 15.9 Å². The number of carbonyl (C=O) groups excluding carboxylic acids is 1. The van der Waals surface area contributed by atoms with E-state index in [0.29, 0.717) is 10.8 Å². The van der Waals surface area contributed by atoms with Crippen LogP contribution in [0.25, 0.3) is 0 Å². The first-order valence-corrected chi connectivity index (χ1v) is 8.78. The number of benzene rings is 1. The highest BCUT2D eigenvalue weighted by molar-refractivity contribution is 9.09. The fourth-order valence-electron chi connectivity index (χ4n) is 2.64. The number of amides is 1. The van der Waals surface area contributed by atoms with Gasteiger partial charge in [-0.05, 0) is 49.8 Å². The van der Waals surface area contributed by atoms with Gasteiger partial charge in [0.1, 0.15) is 5.75 Å². The molecule has 1 aliphatic carbocycles. The molecule has 0 radical (unpaired) electrons. The van der Waals surface area contributed by atoms with E-state index in [4.69, 9.17) is 16.3 Å². The molecule has 21 heavy (non-hydrogen) atoms. The maximum atomic E-state index is 12.1. The molecule has 1 N–H and O–H groups in total. The fraction of sp³-hybridized carbons (Fsp3) is 0.562. The zero-order chi connectivity index (χ0) is 15.3. The third-order valence-corrected chi connectivity index (χ3v) is 5.37. The Kier molecular flexibility index (Phi) is 5.94. The van der Waals surface area contributed by atoms with Crippen molar-refractivity contribution in [2.75, 3.05) is 11.9 Å². The fourth-order valence-corrected chi connectivity index (χ4v) is 3.53. The minimum absolute atomic E-state index is 0.0185. The molecule has 0 bridgehead atoms. The lowest BCUT2D eigenvalue weighted by molar-refractivity contribution is -0.125. The minimum atomic E-state index is -0.124. The Hall–Kier alpha value is -0.740. The van der Waals surface area contributed by atoms with E-state index in [0.717, 1.165) is 36.9 Å². The number of ether oxygens (including phenoxy) is 1. The highest BCUT2D eigenvalue weighted by Gasteiger charge is 2.34. The standard InChI is InChI=1S/C16H21BrClNO2/c1-12-5-7-16(11-17,8-6-12)19-15(20)10-21-14-4-2-3-13(18)9-14/h2-4,9,12H,5-8,10-11H2,1H3,(H,19,20). The number of rotatable bonds is 5. The Balaban J connectivity index is 1.86. The Morgan fingerprint density at radius 2 is 2.19 bits per heavy atom. The lowest BCUT2D eigenvalue weighted by Crippen LogP contribution is -2.53. The molecule has 2 rings (SSSR count). The molecule has 1 aromatic carbocycles. The van der Waals surface area contributed by atoms with Crippen LogP contribution in [0.15, 0.2) is 24.3 Å². The van der Waals surface area contributed by atoms with E-state index >= 15 is 0 Å². The molecule has 1 aromatic rings. The van der Waals surface area contributed by atoms with E-state index in [1.165, 1.54) is 0 Å². The predicted octanol–water partition coefficient (Wildman–Crippen LogP) is 4.18. The van der Waals surface area contributed by atoms with Crippen LogP contribution < -0.4 is 10.1 Å². The molecule has 5 heteroatoms. The van der Waals surface area contributed by atoms with Gasteiger partial charge in [0.15, 0.2) is 6.61 Å². The molecule has 0 unspecified atom stereocenters. The van der Waals surface area contributed by atoms with E-state index in [1.54, 1.807) is 24.3 Å². The number of hydrogen-bond donors (Lipinski definition) is 1. The van der Waals surface area contributed by atoms with Crippen molar-refractivity contribution in [3.8, 4) is 5.75 Å². The van der Waals surface area contributed by atoms with Crippen LogP contribution in [-0.2, 0) is 4.79 Å². The lowest BCUT2D eigenvalue weighted by Gasteiger charge is -2.38. The summed E-state index contributed by atoms with van der Waals surface area (Å²) in [7, 11) is 0. The van der Waals surface area contributed by atoms with Gasteiger partial charge in [0.05, 0.1) is 0 Å². The third-order valence-electron chi connectivity index (χ3n) is 4.06. The van der Waals surface area contributed by atoms with Gasteiger partial charge in [-0.3, -0.25) is 4.79 Å². The quantitative estimate of drug-likeness (QED) is 0.785. The summed E-state index contributed by atoms with van der Waals surface area (Å²) in [6.07, 6.45) is 4.34. The molecule has 0 spiro atoms. The van der Waals surface area contributed by atoms with Crippen molar-refractivity contribution in [3.05, 3.63) is 29.3 Å². The van der Waals surface area contributed by atoms with Gasteiger partial charge in [-0.2, -0.15) is 0 Å². The Bertz CT molecular complexity index is 487. The summed E-state index contributed by atoms with van der Waals surface area (Å²) in [6, 6.07) is 7.08. The van der Waals surface area contributed by atoms with E-state index in [9.17, 15) is 4.79 Å². The molecule has 0 heterocycles. The zero-order valence-corrected chi connectivity index (χ0v) is 14.5. The van der Waals surface area contributed by atoms with Gasteiger partial charge in [-0.25, -0.2) is 0 Å². The van der Waals surface area contributed by atoms with E-state index in [-0.39, 0.29) is 18.1 Å². The largest absolute Gasteiger partial charge is 0.484 e. The maximum Gasteiger partial charge on any atom is 0.258 e. The maximum absolute atomic E-state index is 12.1. The number of alkyl halides is 1. The minimum Gasteiger partial charge on any atom is -0.484 e. The molecule has 0 atom stereocenters.